The van der Waals surface area contributed by atoms with Crippen molar-refractivity contribution in [3.8, 4) is 5.75 Å². The lowest BCUT2D eigenvalue weighted by atomic mass is 9.97. The van der Waals surface area contributed by atoms with Gasteiger partial charge in [0.2, 0.25) is 5.91 Å². The van der Waals surface area contributed by atoms with Crippen molar-refractivity contribution in [1.82, 2.24) is 14.8 Å². The number of thiophene rings is 1. The Morgan fingerprint density at radius 2 is 2.03 bits per heavy atom. The molecule has 1 saturated heterocycles. The Hall–Kier alpha value is -2.72. The number of nitrogens with zero attached hydrogens (tertiary/aromatic N) is 3. The molecule has 0 saturated carbocycles. The maximum atomic E-state index is 12.7. The van der Waals surface area contributed by atoms with E-state index in [1.54, 1.807) is 41.5 Å². The number of hydrogen-bond donors (Lipinski definition) is 0. The summed E-state index contributed by atoms with van der Waals surface area (Å²) in [5.41, 5.74) is 0.968. The van der Waals surface area contributed by atoms with E-state index in [0.717, 1.165) is 25.3 Å². The molecule has 2 aromatic heterocycles. The van der Waals surface area contributed by atoms with Crippen LogP contribution in [0.5, 0.6) is 5.75 Å². The third-order valence-corrected chi connectivity index (χ3v) is 7.62. The van der Waals surface area contributed by atoms with Crippen LogP contribution in [0.25, 0.3) is 20.3 Å². The maximum absolute atomic E-state index is 12.7. The molecule has 1 fully saturated rings. The largest absolute Gasteiger partial charge is 0.483 e. The van der Waals surface area contributed by atoms with E-state index in [-0.39, 0.29) is 36.9 Å². The minimum Gasteiger partial charge on any atom is -0.483 e. The van der Waals surface area contributed by atoms with Crippen LogP contribution in [0.2, 0.25) is 0 Å². The molecule has 0 spiro atoms. The molecule has 4 rings (SSSR count). The van der Waals surface area contributed by atoms with Gasteiger partial charge in [-0.1, -0.05) is 0 Å². The molecule has 3 heterocycles. The molecule has 0 aliphatic carbocycles. The fourth-order valence-corrected chi connectivity index (χ4v) is 5.80. The fraction of sp³-hybridized carbons (Fsp3) is 0.478. The van der Waals surface area contributed by atoms with Crippen molar-refractivity contribution in [2.45, 2.75) is 26.7 Å². The van der Waals surface area contributed by atoms with Crippen LogP contribution in [0.3, 0.4) is 0 Å². The zero-order valence-corrected chi connectivity index (χ0v) is 20.6. The zero-order chi connectivity index (χ0) is 23.5. The number of carbonyl (C=O) groups is 3. The van der Waals surface area contributed by atoms with E-state index < -0.39 is 0 Å². The van der Waals surface area contributed by atoms with Crippen LogP contribution in [0, 0.1) is 12.8 Å². The lowest BCUT2D eigenvalue weighted by molar-refractivity contribution is -0.151. The molecule has 2 amide bonds. The molecular formula is C23H27N3O5S2. The summed E-state index contributed by atoms with van der Waals surface area (Å²) in [6.45, 7) is 4.93. The predicted octanol–water partition coefficient (Wildman–Crippen LogP) is 3.46. The molecule has 0 atom stereocenters. The SMILES string of the molecule is CCOC(=O)C1CCN(C(=O)CN(C)C(=O)COc2cc3sc(C)nc3c3sccc23)CC1. The normalized spacial score (nSPS) is 14.6. The van der Waals surface area contributed by atoms with Crippen molar-refractivity contribution in [2.75, 3.05) is 39.9 Å². The zero-order valence-electron chi connectivity index (χ0n) is 19.0. The Labute approximate surface area is 200 Å². The van der Waals surface area contributed by atoms with Crippen molar-refractivity contribution >= 4 is 60.8 Å². The highest BCUT2D eigenvalue weighted by atomic mass is 32.1. The van der Waals surface area contributed by atoms with Crippen LogP contribution in [-0.2, 0) is 19.1 Å². The Kier molecular flexibility index (Phi) is 7.14. The van der Waals surface area contributed by atoms with Crippen LogP contribution in [0.15, 0.2) is 17.5 Å². The summed E-state index contributed by atoms with van der Waals surface area (Å²) < 4.78 is 13.0. The Bertz CT molecular complexity index is 1180. The first-order chi connectivity index (χ1) is 15.9. The molecule has 1 aliphatic heterocycles. The summed E-state index contributed by atoms with van der Waals surface area (Å²) in [4.78, 5) is 44.9. The molecule has 1 aliphatic rings. The topological polar surface area (TPSA) is 89.0 Å². The number of benzene rings is 1. The molecule has 8 nitrogen and oxygen atoms in total. The van der Waals surface area contributed by atoms with E-state index in [0.29, 0.717) is 38.3 Å². The highest BCUT2D eigenvalue weighted by Gasteiger charge is 2.29. The molecule has 0 unspecified atom stereocenters. The minimum atomic E-state index is -0.270. The average molecular weight is 490 g/mol. The van der Waals surface area contributed by atoms with Crippen molar-refractivity contribution in [3.63, 3.8) is 0 Å². The standard InChI is InChI=1S/C23H27N3O5S2/c1-4-30-23(29)15-5-8-26(9-6-15)19(27)12-25(3)20(28)13-31-17-11-18-21(24-14(2)33-18)22-16(17)7-10-32-22/h7,10-11,15H,4-6,8-9,12-13H2,1-3H3. The number of likely N-dealkylation sites (N-methyl/N-ethyl adjacent to an activating group) is 1. The number of amides is 2. The summed E-state index contributed by atoms with van der Waals surface area (Å²) in [5, 5.41) is 3.91. The van der Waals surface area contributed by atoms with Crippen LogP contribution in [0.4, 0.5) is 0 Å². The second-order valence-corrected chi connectivity index (χ2v) is 10.2. The van der Waals surface area contributed by atoms with E-state index in [4.69, 9.17) is 9.47 Å². The molecule has 0 bridgehead atoms. The van der Waals surface area contributed by atoms with E-state index in [1.165, 1.54) is 4.90 Å². The molecule has 3 aromatic rings. The van der Waals surface area contributed by atoms with Gasteiger partial charge in [0.15, 0.2) is 6.61 Å². The molecule has 10 heteroatoms. The quantitative estimate of drug-likeness (QED) is 0.472. The van der Waals surface area contributed by atoms with Gasteiger partial charge >= 0.3 is 5.97 Å². The third-order valence-electron chi connectivity index (χ3n) is 5.79. The smallest absolute Gasteiger partial charge is 0.309 e. The van der Waals surface area contributed by atoms with E-state index in [9.17, 15) is 14.4 Å². The van der Waals surface area contributed by atoms with Crippen LogP contribution >= 0.6 is 22.7 Å². The molecule has 1 aromatic carbocycles. The number of likely N-dealkylation sites (tertiary alicyclic amines) is 1. The van der Waals surface area contributed by atoms with Gasteiger partial charge in [0.1, 0.15) is 5.75 Å². The number of hydrogen-bond acceptors (Lipinski definition) is 8. The number of ether oxygens (including phenoxy) is 2. The third kappa shape index (κ3) is 5.11. The fourth-order valence-electron chi connectivity index (χ4n) is 3.97. The maximum Gasteiger partial charge on any atom is 0.309 e. The minimum absolute atomic E-state index is 0.0206. The summed E-state index contributed by atoms with van der Waals surface area (Å²) in [6.07, 6.45) is 1.17. The molecule has 33 heavy (non-hydrogen) atoms. The number of carbonyl (C=O) groups excluding carboxylic acids is 3. The van der Waals surface area contributed by atoms with Gasteiger partial charge in [0.05, 0.1) is 39.0 Å². The molecule has 0 radical (unpaired) electrons. The van der Waals surface area contributed by atoms with Crippen LogP contribution in [0.1, 0.15) is 24.8 Å². The number of thiazole rings is 1. The van der Waals surface area contributed by atoms with Crippen molar-refractivity contribution in [3.05, 3.63) is 22.5 Å². The highest BCUT2D eigenvalue weighted by molar-refractivity contribution is 7.21. The molecular weight excluding hydrogens is 462 g/mol. The van der Waals surface area contributed by atoms with E-state index >= 15 is 0 Å². The van der Waals surface area contributed by atoms with Gasteiger partial charge in [0, 0.05) is 31.6 Å². The Balaban J connectivity index is 1.31. The number of piperidine rings is 1. The van der Waals surface area contributed by atoms with Gasteiger partial charge in [-0.2, -0.15) is 0 Å². The lowest BCUT2D eigenvalue weighted by Gasteiger charge is -2.32. The number of aryl methyl sites for hydroxylation is 1. The predicted molar refractivity (Wildman–Crippen MR) is 129 cm³/mol. The molecule has 176 valence electrons. The molecule has 0 N–H and O–H groups in total. The number of esters is 1. The summed E-state index contributed by atoms with van der Waals surface area (Å²) >= 11 is 3.20. The van der Waals surface area contributed by atoms with Crippen molar-refractivity contribution in [2.24, 2.45) is 5.92 Å². The monoisotopic (exact) mass is 489 g/mol. The second-order valence-electron chi connectivity index (χ2n) is 8.06. The van der Waals surface area contributed by atoms with E-state index in [2.05, 4.69) is 4.98 Å². The first kappa shape index (κ1) is 23.4. The second kappa shape index (κ2) is 10.0. The van der Waals surface area contributed by atoms with E-state index in [1.807, 2.05) is 24.4 Å². The van der Waals surface area contributed by atoms with Gasteiger partial charge in [-0.25, -0.2) is 4.98 Å². The van der Waals surface area contributed by atoms with Gasteiger partial charge in [-0.15, -0.1) is 22.7 Å². The lowest BCUT2D eigenvalue weighted by Crippen LogP contribution is -2.46. The number of rotatable bonds is 7. The summed E-state index contributed by atoms with van der Waals surface area (Å²) in [5.74, 6) is -0.101. The van der Waals surface area contributed by atoms with Crippen LogP contribution < -0.4 is 4.74 Å². The number of fused-ring (bicyclic) bond motifs is 3. The van der Waals surface area contributed by atoms with Gasteiger partial charge < -0.3 is 19.3 Å². The van der Waals surface area contributed by atoms with Crippen molar-refractivity contribution < 1.29 is 23.9 Å². The van der Waals surface area contributed by atoms with Gasteiger partial charge in [-0.3, -0.25) is 14.4 Å². The summed E-state index contributed by atoms with van der Waals surface area (Å²) in [6, 6.07) is 3.91. The van der Waals surface area contributed by atoms with Gasteiger partial charge in [0.25, 0.3) is 5.91 Å². The average Bonchev–Trinajstić information content (AvgIpc) is 3.43. The first-order valence-electron chi connectivity index (χ1n) is 11.0. The van der Waals surface area contributed by atoms with Crippen LogP contribution in [-0.4, -0.2) is 72.5 Å². The van der Waals surface area contributed by atoms with Gasteiger partial charge in [-0.05, 0) is 38.1 Å². The van der Waals surface area contributed by atoms with Crippen molar-refractivity contribution in [1.29, 1.82) is 0 Å². The Morgan fingerprint density at radius 3 is 2.76 bits per heavy atom. The highest BCUT2D eigenvalue weighted by Crippen LogP contribution is 2.38. The number of aromatic nitrogens is 1. The Morgan fingerprint density at radius 1 is 1.27 bits per heavy atom. The summed E-state index contributed by atoms with van der Waals surface area (Å²) in [7, 11) is 1.60. The first-order valence-corrected chi connectivity index (χ1v) is 12.7.